The molecule has 7 nitrogen and oxygen atoms in total. The number of carbonyl (C=O) groups is 3. The SMILES string of the molecule is C=CCOC(=O)N(C)CC(=O)N(C)CC(=O)OCCCCCC. The summed E-state index contributed by atoms with van der Waals surface area (Å²) in [7, 11) is 2.94. The normalized spacial score (nSPS) is 9.87. The van der Waals surface area contributed by atoms with Crippen LogP contribution in [0.3, 0.4) is 0 Å². The Labute approximate surface area is 138 Å². The third kappa shape index (κ3) is 10.3. The molecule has 0 radical (unpaired) electrons. The number of unbranched alkanes of at least 4 members (excludes halogenated alkanes) is 3. The molecule has 0 aliphatic carbocycles. The number of carbonyl (C=O) groups excluding carboxylic acids is 3. The van der Waals surface area contributed by atoms with E-state index in [9.17, 15) is 14.4 Å². The molecule has 7 heteroatoms. The van der Waals surface area contributed by atoms with Gasteiger partial charge in [0.2, 0.25) is 5.91 Å². The first-order valence-electron chi connectivity index (χ1n) is 7.80. The van der Waals surface area contributed by atoms with Gasteiger partial charge in [0.25, 0.3) is 0 Å². The smallest absolute Gasteiger partial charge is 0.410 e. The fourth-order valence-electron chi connectivity index (χ4n) is 1.67. The topological polar surface area (TPSA) is 76.2 Å². The minimum Gasteiger partial charge on any atom is -0.464 e. The summed E-state index contributed by atoms with van der Waals surface area (Å²) < 4.78 is 9.87. The third-order valence-electron chi connectivity index (χ3n) is 3.06. The Morgan fingerprint density at radius 2 is 1.70 bits per heavy atom. The molecule has 0 spiro atoms. The summed E-state index contributed by atoms with van der Waals surface area (Å²) in [4.78, 5) is 37.4. The lowest BCUT2D eigenvalue weighted by Gasteiger charge is -2.21. The number of amides is 2. The molecule has 0 aliphatic heterocycles. The lowest BCUT2D eigenvalue weighted by Crippen LogP contribution is -2.41. The minimum atomic E-state index is -0.620. The number of likely N-dealkylation sites (N-methyl/N-ethyl adjacent to an activating group) is 2. The Bertz CT molecular complexity index is 398. The molecule has 2 amide bonds. The second-order valence-corrected chi connectivity index (χ2v) is 5.25. The zero-order valence-corrected chi connectivity index (χ0v) is 14.4. The number of esters is 1. The summed E-state index contributed by atoms with van der Waals surface area (Å²) in [5.41, 5.74) is 0. The maximum absolute atomic E-state index is 11.9. The van der Waals surface area contributed by atoms with E-state index in [1.807, 2.05) is 0 Å². The Morgan fingerprint density at radius 3 is 2.30 bits per heavy atom. The van der Waals surface area contributed by atoms with Gasteiger partial charge in [-0.15, -0.1) is 0 Å². The van der Waals surface area contributed by atoms with Gasteiger partial charge in [0.15, 0.2) is 0 Å². The maximum atomic E-state index is 11.9. The van der Waals surface area contributed by atoms with Gasteiger partial charge >= 0.3 is 12.1 Å². The molecule has 0 fully saturated rings. The van der Waals surface area contributed by atoms with Gasteiger partial charge in [-0.3, -0.25) is 9.59 Å². The lowest BCUT2D eigenvalue weighted by atomic mass is 10.2. The fourth-order valence-corrected chi connectivity index (χ4v) is 1.67. The van der Waals surface area contributed by atoms with Gasteiger partial charge in [-0.1, -0.05) is 38.8 Å². The number of hydrogen-bond donors (Lipinski definition) is 0. The Hall–Kier alpha value is -2.05. The van der Waals surface area contributed by atoms with Crippen molar-refractivity contribution < 1.29 is 23.9 Å². The summed E-state index contributed by atoms with van der Waals surface area (Å²) in [5.74, 6) is -0.819. The monoisotopic (exact) mass is 328 g/mol. The Kier molecular flexibility index (Phi) is 11.4. The summed E-state index contributed by atoms with van der Waals surface area (Å²) in [5, 5.41) is 0. The molecule has 0 unspecified atom stereocenters. The number of hydrogen-bond acceptors (Lipinski definition) is 5. The Balaban J connectivity index is 4.02. The average Bonchev–Trinajstić information content (AvgIpc) is 2.51. The van der Waals surface area contributed by atoms with Crippen molar-refractivity contribution in [1.82, 2.24) is 9.80 Å². The van der Waals surface area contributed by atoms with E-state index in [-0.39, 0.29) is 25.6 Å². The highest BCUT2D eigenvalue weighted by Crippen LogP contribution is 2.00. The first-order chi connectivity index (χ1) is 10.9. The third-order valence-corrected chi connectivity index (χ3v) is 3.06. The van der Waals surface area contributed by atoms with Crippen molar-refractivity contribution in [2.45, 2.75) is 32.6 Å². The average molecular weight is 328 g/mol. The van der Waals surface area contributed by atoms with Gasteiger partial charge in [-0.25, -0.2) is 4.79 Å². The molecule has 0 saturated carbocycles. The molecule has 0 aromatic rings. The minimum absolute atomic E-state index is 0.0809. The van der Waals surface area contributed by atoms with Gasteiger partial charge in [-0.05, 0) is 6.42 Å². The molecule has 132 valence electrons. The first-order valence-corrected chi connectivity index (χ1v) is 7.80. The molecule has 0 bridgehead atoms. The molecule has 0 heterocycles. The molecule has 0 saturated heterocycles. The van der Waals surface area contributed by atoms with Crippen LogP contribution in [0.25, 0.3) is 0 Å². The van der Waals surface area contributed by atoms with Crippen LogP contribution in [0.2, 0.25) is 0 Å². The second-order valence-electron chi connectivity index (χ2n) is 5.25. The molecule has 0 rings (SSSR count). The fraction of sp³-hybridized carbons (Fsp3) is 0.688. The van der Waals surface area contributed by atoms with E-state index in [1.165, 1.54) is 25.1 Å². The van der Waals surface area contributed by atoms with Crippen molar-refractivity contribution in [3.8, 4) is 0 Å². The highest BCUT2D eigenvalue weighted by molar-refractivity contribution is 5.85. The van der Waals surface area contributed by atoms with Crippen LogP contribution in [0.15, 0.2) is 12.7 Å². The van der Waals surface area contributed by atoms with Gasteiger partial charge in [0, 0.05) is 14.1 Å². The van der Waals surface area contributed by atoms with Crippen molar-refractivity contribution in [3.63, 3.8) is 0 Å². The van der Waals surface area contributed by atoms with Crippen molar-refractivity contribution >= 4 is 18.0 Å². The first kappa shape index (κ1) is 20.9. The van der Waals surface area contributed by atoms with Crippen LogP contribution >= 0.6 is 0 Å². The van der Waals surface area contributed by atoms with E-state index >= 15 is 0 Å². The van der Waals surface area contributed by atoms with Crippen LogP contribution in [0.4, 0.5) is 4.79 Å². The zero-order chi connectivity index (χ0) is 17.7. The highest BCUT2D eigenvalue weighted by Gasteiger charge is 2.18. The van der Waals surface area contributed by atoms with E-state index in [4.69, 9.17) is 9.47 Å². The number of nitrogens with zero attached hydrogens (tertiary/aromatic N) is 2. The molecule has 0 aromatic heterocycles. The molecular weight excluding hydrogens is 300 g/mol. The van der Waals surface area contributed by atoms with Gasteiger partial charge < -0.3 is 19.3 Å². The molecular formula is C16H28N2O5. The van der Waals surface area contributed by atoms with Crippen molar-refractivity contribution in [2.24, 2.45) is 0 Å². The standard InChI is InChI=1S/C16H28N2O5/c1-5-7-8-9-11-22-15(20)13-17(3)14(19)12-18(4)16(21)23-10-6-2/h6H,2,5,7-13H2,1,3-4H3. The predicted molar refractivity (Wildman–Crippen MR) is 86.9 cm³/mol. The van der Waals surface area contributed by atoms with E-state index in [2.05, 4.69) is 13.5 Å². The predicted octanol–water partition coefficient (Wildman–Crippen LogP) is 1.82. The van der Waals surface area contributed by atoms with Crippen LogP contribution in [0, 0.1) is 0 Å². The largest absolute Gasteiger partial charge is 0.464 e. The van der Waals surface area contributed by atoms with Crippen molar-refractivity contribution in [2.75, 3.05) is 40.4 Å². The zero-order valence-electron chi connectivity index (χ0n) is 14.4. The Morgan fingerprint density at radius 1 is 1.00 bits per heavy atom. The molecule has 0 N–H and O–H groups in total. The van der Waals surface area contributed by atoms with Crippen LogP contribution in [0.1, 0.15) is 32.6 Å². The summed E-state index contributed by atoms with van der Waals surface area (Å²) in [6.07, 6.45) is 4.91. The van der Waals surface area contributed by atoms with Gasteiger partial charge in [0.1, 0.15) is 19.7 Å². The van der Waals surface area contributed by atoms with Gasteiger partial charge in [-0.2, -0.15) is 0 Å². The summed E-state index contributed by atoms with van der Waals surface area (Å²) in [6, 6.07) is 0. The van der Waals surface area contributed by atoms with Crippen molar-refractivity contribution in [3.05, 3.63) is 12.7 Å². The molecule has 0 aliphatic rings. The lowest BCUT2D eigenvalue weighted by molar-refractivity contribution is -0.148. The number of rotatable bonds is 11. The summed E-state index contributed by atoms with van der Waals surface area (Å²) in [6.45, 7) is 5.68. The van der Waals surface area contributed by atoms with E-state index in [1.54, 1.807) is 0 Å². The van der Waals surface area contributed by atoms with Crippen LogP contribution in [-0.2, 0) is 19.1 Å². The highest BCUT2D eigenvalue weighted by atomic mass is 16.6. The van der Waals surface area contributed by atoms with Crippen LogP contribution < -0.4 is 0 Å². The van der Waals surface area contributed by atoms with Gasteiger partial charge in [0.05, 0.1) is 6.61 Å². The van der Waals surface area contributed by atoms with Crippen LogP contribution in [0.5, 0.6) is 0 Å². The van der Waals surface area contributed by atoms with E-state index in [0.717, 1.165) is 30.6 Å². The molecule has 23 heavy (non-hydrogen) atoms. The van der Waals surface area contributed by atoms with E-state index < -0.39 is 12.1 Å². The quantitative estimate of drug-likeness (QED) is 0.328. The van der Waals surface area contributed by atoms with Crippen molar-refractivity contribution in [1.29, 1.82) is 0 Å². The second kappa shape index (κ2) is 12.5. The summed E-state index contributed by atoms with van der Waals surface area (Å²) >= 11 is 0. The molecule has 0 atom stereocenters. The molecule has 0 aromatic carbocycles. The van der Waals surface area contributed by atoms with Crippen LogP contribution in [-0.4, -0.2) is 68.2 Å². The number of ether oxygens (including phenoxy) is 2. The maximum Gasteiger partial charge on any atom is 0.410 e. The van der Waals surface area contributed by atoms with E-state index in [0.29, 0.717) is 6.61 Å².